The molecule has 0 unspecified atom stereocenters. The maximum absolute atomic E-state index is 10.8. The summed E-state index contributed by atoms with van der Waals surface area (Å²) in [5.41, 5.74) is 5.23. The van der Waals surface area contributed by atoms with Crippen molar-refractivity contribution in [3.63, 3.8) is 0 Å². The van der Waals surface area contributed by atoms with Gasteiger partial charge >= 0.3 is 6.09 Å². The lowest BCUT2D eigenvalue weighted by Crippen LogP contribution is -2.23. The van der Waals surface area contributed by atoms with Gasteiger partial charge in [-0.25, -0.2) is 4.79 Å². The van der Waals surface area contributed by atoms with Crippen molar-refractivity contribution in [1.29, 1.82) is 0 Å². The van der Waals surface area contributed by atoms with E-state index >= 15 is 0 Å². The van der Waals surface area contributed by atoms with E-state index in [2.05, 4.69) is 10.1 Å². The molecule has 0 aliphatic carbocycles. The normalized spacial score (nSPS) is 10.1. The lowest BCUT2D eigenvalue weighted by Gasteiger charge is -2.06. The predicted octanol–water partition coefficient (Wildman–Crippen LogP) is 1.43. The van der Waals surface area contributed by atoms with Crippen LogP contribution in [0, 0.1) is 10.1 Å². The number of halogens is 1. The molecular formula is C10H12ClN3O4. The number of nitrogens with zero attached hydrogens (tertiary/aromatic N) is 1. The van der Waals surface area contributed by atoms with Gasteiger partial charge in [-0.15, -0.1) is 0 Å². The van der Waals surface area contributed by atoms with Crippen LogP contribution >= 0.6 is 11.6 Å². The molecule has 8 heteroatoms. The summed E-state index contributed by atoms with van der Waals surface area (Å²) in [5.74, 6) is 0. The number of benzene rings is 1. The number of nitrogens with two attached hydrogens (primary N) is 1. The molecule has 7 nitrogen and oxygen atoms in total. The van der Waals surface area contributed by atoms with Gasteiger partial charge in [-0.1, -0.05) is 11.6 Å². The Morgan fingerprint density at radius 3 is 2.89 bits per heavy atom. The Kier molecular flexibility index (Phi) is 5.34. The summed E-state index contributed by atoms with van der Waals surface area (Å²) in [5, 5.41) is 14.1. The quantitative estimate of drug-likeness (QED) is 0.463. The maximum atomic E-state index is 10.8. The van der Waals surface area contributed by atoms with Crippen LogP contribution in [0.25, 0.3) is 0 Å². The lowest BCUT2D eigenvalue weighted by atomic mass is 10.2. The highest BCUT2D eigenvalue weighted by Crippen LogP contribution is 2.22. The first kappa shape index (κ1) is 14.2. The van der Waals surface area contributed by atoms with Gasteiger partial charge in [-0.2, -0.15) is 0 Å². The second-order valence-electron chi connectivity index (χ2n) is 3.37. The number of nitrogens with one attached hydrogen (secondary N) is 1. The van der Waals surface area contributed by atoms with Gasteiger partial charge in [0.2, 0.25) is 0 Å². The summed E-state index contributed by atoms with van der Waals surface area (Å²) in [6, 6.07) is 4.32. The molecule has 1 aromatic rings. The number of primary amides is 1. The molecule has 0 atom stereocenters. The number of carbonyl (C=O) groups excluding carboxylic acids is 1. The van der Waals surface area contributed by atoms with E-state index < -0.39 is 11.0 Å². The number of carbonyl (C=O) groups is 1. The van der Waals surface area contributed by atoms with Crippen LogP contribution in [-0.4, -0.2) is 24.2 Å². The van der Waals surface area contributed by atoms with Gasteiger partial charge in [0.15, 0.2) is 0 Å². The second-order valence-corrected chi connectivity index (χ2v) is 3.81. The molecule has 0 aliphatic heterocycles. The zero-order valence-electron chi connectivity index (χ0n) is 9.39. The number of nitro groups is 1. The monoisotopic (exact) mass is 273 g/mol. The molecule has 0 bridgehead atoms. The molecule has 0 saturated heterocycles. The zero-order valence-corrected chi connectivity index (χ0v) is 10.1. The minimum Gasteiger partial charge on any atom is -0.448 e. The third kappa shape index (κ3) is 4.56. The lowest BCUT2D eigenvalue weighted by molar-refractivity contribution is -0.385. The van der Waals surface area contributed by atoms with Gasteiger partial charge in [0.25, 0.3) is 5.69 Å². The van der Waals surface area contributed by atoms with Gasteiger partial charge in [0.05, 0.1) is 4.92 Å². The molecule has 98 valence electrons. The van der Waals surface area contributed by atoms with E-state index in [0.29, 0.717) is 17.1 Å². The number of nitro benzene ring substituents is 1. The minimum atomic E-state index is -0.856. The van der Waals surface area contributed by atoms with E-state index in [0.717, 1.165) is 0 Å². The number of amides is 1. The van der Waals surface area contributed by atoms with Crippen molar-refractivity contribution >= 4 is 23.4 Å². The number of hydrogen-bond donors (Lipinski definition) is 2. The van der Waals surface area contributed by atoms with Gasteiger partial charge in [-0.05, 0) is 12.1 Å². The van der Waals surface area contributed by atoms with E-state index in [9.17, 15) is 14.9 Å². The van der Waals surface area contributed by atoms with Crippen molar-refractivity contribution in [3.8, 4) is 0 Å². The molecule has 0 heterocycles. The second kappa shape index (κ2) is 6.77. The molecule has 0 fully saturated rings. The maximum Gasteiger partial charge on any atom is 0.404 e. The average molecular weight is 274 g/mol. The fourth-order valence-corrected chi connectivity index (χ4v) is 1.52. The van der Waals surface area contributed by atoms with Crippen molar-refractivity contribution in [2.45, 2.75) is 6.54 Å². The first-order valence-electron chi connectivity index (χ1n) is 5.06. The van der Waals surface area contributed by atoms with Gasteiger partial charge in [0, 0.05) is 29.7 Å². The molecule has 0 aromatic heterocycles. The molecule has 0 saturated carbocycles. The molecular weight excluding hydrogens is 262 g/mol. The molecule has 3 N–H and O–H groups in total. The Hall–Kier alpha value is -1.86. The van der Waals surface area contributed by atoms with Crippen molar-refractivity contribution in [1.82, 2.24) is 5.32 Å². The first-order chi connectivity index (χ1) is 8.50. The Morgan fingerprint density at radius 2 is 2.28 bits per heavy atom. The van der Waals surface area contributed by atoms with Crippen molar-refractivity contribution < 1.29 is 14.5 Å². The molecule has 18 heavy (non-hydrogen) atoms. The summed E-state index contributed by atoms with van der Waals surface area (Å²) in [7, 11) is 0. The van der Waals surface area contributed by atoms with Crippen molar-refractivity contribution in [3.05, 3.63) is 38.9 Å². The van der Waals surface area contributed by atoms with E-state index in [4.69, 9.17) is 17.3 Å². The molecule has 0 radical (unpaired) electrons. The SMILES string of the molecule is NC(=O)OCCNCc1cc(Cl)ccc1[N+](=O)[O-]. The number of ether oxygens (including phenoxy) is 1. The Balaban J connectivity index is 2.53. The summed E-state index contributed by atoms with van der Waals surface area (Å²) in [4.78, 5) is 20.6. The Morgan fingerprint density at radius 1 is 1.56 bits per heavy atom. The fourth-order valence-electron chi connectivity index (χ4n) is 1.32. The van der Waals surface area contributed by atoms with Gasteiger partial charge in [-0.3, -0.25) is 10.1 Å². The summed E-state index contributed by atoms with van der Waals surface area (Å²) < 4.78 is 4.50. The number of rotatable bonds is 6. The highest BCUT2D eigenvalue weighted by atomic mass is 35.5. The highest BCUT2D eigenvalue weighted by Gasteiger charge is 2.13. The average Bonchev–Trinajstić information content (AvgIpc) is 2.27. The fraction of sp³-hybridized carbons (Fsp3) is 0.300. The van der Waals surface area contributed by atoms with Crippen LogP contribution < -0.4 is 11.1 Å². The zero-order chi connectivity index (χ0) is 13.5. The van der Waals surface area contributed by atoms with Crippen LogP contribution in [0.15, 0.2) is 18.2 Å². The van der Waals surface area contributed by atoms with Crippen LogP contribution in [0.4, 0.5) is 10.5 Å². The van der Waals surface area contributed by atoms with Crippen LogP contribution in [0.1, 0.15) is 5.56 Å². The number of hydrogen-bond acceptors (Lipinski definition) is 5. The first-order valence-corrected chi connectivity index (χ1v) is 5.44. The third-order valence-corrected chi connectivity index (χ3v) is 2.31. The van der Waals surface area contributed by atoms with Gasteiger partial charge < -0.3 is 15.8 Å². The van der Waals surface area contributed by atoms with Crippen molar-refractivity contribution in [2.24, 2.45) is 5.73 Å². The summed E-state index contributed by atoms with van der Waals surface area (Å²) in [6.45, 7) is 0.690. The standard InChI is InChI=1S/C10H12ClN3O4/c11-8-1-2-9(14(16)17)7(5-8)6-13-3-4-18-10(12)15/h1-2,5,13H,3-4,6H2,(H2,12,15). The van der Waals surface area contributed by atoms with Crippen LogP contribution in [0.5, 0.6) is 0 Å². The van der Waals surface area contributed by atoms with Crippen LogP contribution in [-0.2, 0) is 11.3 Å². The van der Waals surface area contributed by atoms with E-state index in [-0.39, 0.29) is 18.8 Å². The molecule has 0 aliphatic rings. The van der Waals surface area contributed by atoms with E-state index in [1.54, 1.807) is 0 Å². The van der Waals surface area contributed by atoms with Crippen molar-refractivity contribution in [2.75, 3.05) is 13.2 Å². The Labute approximate surface area is 108 Å². The van der Waals surface area contributed by atoms with E-state index in [1.807, 2.05) is 0 Å². The largest absolute Gasteiger partial charge is 0.448 e. The third-order valence-electron chi connectivity index (χ3n) is 2.08. The predicted molar refractivity (Wildman–Crippen MR) is 65.3 cm³/mol. The highest BCUT2D eigenvalue weighted by molar-refractivity contribution is 6.30. The van der Waals surface area contributed by atoms with Crippen LogP contribution in [0.3, 0.4) is 0 Å². The molecule has 1 amide bonds. The topological polar surface area (TPSA) is 107 Å². The minimum absolute atomic E-state index is 0.0114. The summed E-state index contributed by atoms with van der Waals surface area (Å²) >= 11 is 5.77. The molecule has 0 spiro atoms. The molecule has 1 aromatic carbocycles. The van der Waals surface area contributed by atoms with E-state index in [1.165, 1.54) is 18.2 Å². The molecule has 1 rings (SSSR count). The smallest absolute Gasteiger partial charge is 0.404 e. The van der Waals surface area contributed by atoms with Crippen LogP contribution in [0.2, 0.25) is 5.02 Å². The Bertz CT molecular complexity index is 453. The summed E-state index contributed by atoms with van der Waals surface area (Å²) in [6.07, 6.45) is -0.856. The van der Waals surface area contributed by atoms with Gasteiger partial charge in [0.1, 0.15) is 6.61 Å².